The zero-order valence-corrected chi connectivity index (χ0v) is 21.9. The number of rotatable bonds is 12. The van der Waals surface area contributed by atoms with Gasteiger partial charge in [-0.25, -0.2) is 22.8 Å². The van der Waals surface area contributed by atoms with Crippen LogP contribution in [-0.2, 0) is 16.4 Å². The van der Waals surface area contributed by atoms with Crippen LogP contribution in [0.4, 0.5) is 19.0 Å². The van der Waals surface area contributed by atoms with Gasteiger partial charge in [-0.3, -0.25) is 8.78 Å². The molecule has 0 fully saturated rings. The Bertz CT molecular complexity index is 1530. The molecule has 0 amide bonds. The smallest absolute Gasteiger partial charge is 0.270 e. The summed E-state index contributed by atoms with van der Waals surface area (Å²) in [7, 11) is -3.67. The summed E-state index contributed by atoms with van der Waals surface area (Å²) in [4.78, 5) is 8.65. The second kappa shape index (κ2) is 12.3. The molecule has 2 aromatic heterocycles. The summed E-state index contributed by atoms with van der Waals surface area (Å²) in [5.74, 6) is -0.725. The van der Waals surface area contributed by atoms with Gasteiger partial charge >= 0.3 is 0 Å². The van der Waals surface area contributed by atoms with E-state index in [0.717, 1.165) is 0 Å². The molecule has 1 unspecified atom stereocenters. The van der Waals surface area contributed by atoms with Gasteiger partial charge < -0.3 is 15.5 Å². The van der Waals surface area contributed by atoms with Crippen LogP contribution in [0.25, 0.3) is 34.3 Å². The fourth-order valence-corrected chi connectivity index (χ4v) is 5.13. The van der Waals surface area contributed by atoms with E-state index in [1.54, 1.807) is 18.2 Å². The first-order chi connectivity index (χ1) is 18.7. The molecule has 4 rings (SSSR count). The molecule has 206 valence electrons. The van der Waals surface area contributed by atoms with Crippen molar-refractivity contribution in [1.29, 1.82) is 0 Å². The highest BCUT2D eigenvalue weighted by Gasteiger charge is 2.23. The van der Waals surface area contributed by atoms with Crippen LogP contribution < -0.4 is 11.1 Å². The van der Waals surface area contributed by atoms with Crippen LogP contribution in [0.15, 0.2) is 58.0 Å². The number of nitrogens with two attached hydrogens (primary N) is 1. The number of hydrogen-bond donors (Lipinski definition) is 2. The van der Waals surface area contributed by atoms with Crippen LogP contribution in [0.2, 0.25) is 0 Å². The quantitative estimate of drug-likeness (QED) is 0.239. The Kier molecular flexibility index (Phi) is 8.92. The van der Waals surface area contributed by atoms with Crippen LogP contribution in [0, 0.1) is 5.82 Å². The highest BCUT2D eigenvalue weighted by Crippen LogP contribution is 2.30. The molecule has 0 radical (unpaired) electrons. The van der Waals surface area contributed by atoms with Crippen LogP contribution >= 0.6 is 0 Å². The van der Waals surface area contributed by atoms with Crippen LogP contribution in [0.3, 0.4) is 0 Å². The van der Waals surface area contributed by atoms with Crippen molar-refractivity contribution < 1.29 is 26.0 Å². The molecule has 0 aliphatic heterocycles. The van der Waals surface area contributed by atoms with Gasteiger partial charge in [0.15, 0.2) is 21.3 Å². The molecule has 0 saturated carbocycles. The normalized spacial score (nSPS) is 12.5. The summed E-state index contributed by atoms with van der Waals surface area (Å²) < 4.78 is 70.5. The van der Waals surface area contributed by atoms with E-state index in [4.69, 9.17) is 10.2 Å². The number of nitrogens with zero attached hydrogens (tertiary/aromatic N) is 4. The fourth-order valence-electron chi connectivity index (χ4n) is 3.75. The first-order valence-corrected chi connectivity index (χ1v) is 13.7. The van der Waals surface area contributed by atoms with E-state index in [9.17, 15) is 21.6 Å². The Morgan fingerprint density at radius 2 is 1.79 bits per heavy atom. The minimum Gasteiger partial charge on any atom is -0.414 e. The molecule has 13 heteroatoms. The number of nitrogen functional groups attached to an aromatic ring is 1. The van der Waals surface area contributed by atoms with Gasteiger partial charge in [0.05, 0.1) is 40.9 Å². The highest BCUT2D eigenvalue weighted by molar-refractivity contribution is 7.92. The predicted octanol–water partition coefficient (Wildman–Crippen LogP) is 4.55. The van der Waals surface area contributed by atoms with E-state index >= 15 is 0 Å². The SMILES string of the molecule is CC(CCF)S(=O)(=O)c1ccc(-c2cnc(N)c(-c3nnc(-c4ccc(CNCCCF)cc4F)o3)n2)cc1. The lowest BCUT2D eigenvalue weighted by Crippen LogP contribution is -2.18. The van der Waals surface area contributed by atoms with E-state index in [0.29, 0.717) is 36.3 Å². The minimum absolute atomic E-state index is 0.00312. The van der Waals surface area contributed by atoms with Gasteiger partial charge in [-0.15, -0.1) is 10.2 Å². The van der Waals surface area contributed by atoms with Gasteiger partial charge in [-0.1, -0.05) is 18.2 Å². The lowest BCUT2D eigenvalue weighted by atomic mass is 10.1. The average Bonchev–Trinajstić information content (AvgIpc) is 3.41. The standard InChI is InChI=1S/C26H27F3N6O3S/c1-16(9-11-28)39(36,37)19-6-4-18(5-7-19)22-15-32-24(30)23(33-22)26-35-34-25(38-26)20-8-3-17(13-21(20)29)14-31-12-2-10-27/h3-8,13,15-16,31H,2,9-12,14H2,1H3,(H2,30,32). The van der Waals surface area contributed by atoms with E-state index in [1.807, 2.05) is 0 Å². The maximum absolute atomic E-state index is 14.8. The van der Waals surface area contributed by atoms with Crippen molar-refractivity contribution in [3.8, 4) is 34.3 Å². The summed E-state index contributed by atoms with van der Waals surface area (Å²) in [6.07, 6.45) is 1.70. The second-order valence-corrected chi connectivity index (χ2v) is 11.2. The summed E-state index contributed by atoms with van der Waals surface area (Å²) >= 11 is 0. The zero-order valence-electron chi connectivity index (χ0n) is 21.1. The van der Waals surface area contributed by atoms with E-state index in [1.165, 1.54) is 37.4 Å². The second-order valence-electron chi connectivity index (χ2n) is 8.79. The molecule has 1 atom stereocenters. The van der Waals surface area contributed by atoms with Crippen molar-refractivity contribution in [2.24, 2.45) is 0 Å². The van der Waals surface area contributed by atoms with Gasteiger partial charge in [-0.05, 0) is 56.1 Å². The Morgan fingerprint density at radius 1 is 1.05 bits per heavy atom. The van der Waals surface area contributed by atoms with Crippen LogP contribution in [-0.4, -0.2) is 53.7 Å². The Morgan fingerprint density at radius 3 is 2.49 bits per heavy atom. The van der Waals surface area contributed by atoms with Gasteiger partial charge in [-0.2, -0.15) is 0 Å². The zero-order chi connectivity index (χ0) is 28.0. The molecule has 0 saturated heterocycles. The molecule has 3 N–H and O–H groups in total. The number of nitrogens with one attached hydrogen (secondary N) is 1. The topological polar surface area (TPSA) is 137 Å². The molecule has 2 aromatic carbocycles. The first kappa shape index (κ1) is 28.2. The molecule has 9 nitrogen and oxygen atoms in total. The summed E-state index contributed by atoms with van der Waals surface area (Å²) in [5, 5.41) is 10.1. The number of aromatic nitrogens is 4. The fraction of sp³-hybridized carbons (Fsp3) is 0.308. The molecule has 0 bridgehead atoms. The van der Waals surface area contributed by atoms with Gasteiger partial charge in [0, 0.05) is 12.1 Å². The van der Waals surface area contributed by atoms with E-state index in [-0.39, 0.29) is 40.2 Å². The van der Waals surface area contributed by atoms with Gasteiger partial charge in [0.25, 0.3) is 11.8 Å². The predicted molar refractivity (Wildman–Crippen MR) is 140 cm³/mol. The van der Waals surface area contributed by atoms with Crippen molar-refractivity contribution in [3.63, 3.8) is 0 Å². The summed E-state index contributed by atoms with van der Waals surface area (Å²) in [5.41, 5.74) is 7.73. The molecular formula is C26H27F3N6O3S. The van der Waals surface area contributed by atoms with Gasteiger partial charge in [0.1, 0.15) is 5.82 Å². The van der Waals surface area contributed by atoms with Gasteiger partial charge in [0.2, 0.25) is 0 Å². The van der Waals surface area contributed by atoms with Crippen LogP contribution in [0.5, 0.6) is 0 Å². The number of alkyl halides is 2. The van der Waals surface area contributed by atoms with Crippen molar-refractivity contribution in [1.82, 2.24) is 25.5 Å². The van der Waals surface area contributed by atoms with E-state index in [2.05, 4.69) is 25.5 Å². The number of hydrogen-bond acceptors (Lipinski definition) is 9. The molecule has 2 heterocycles. The molecular weight excluding hydrogens is 533 g/mol. The largest absolute Gasteiger partial charge is 0.414 e. The Balaban J connectivity index is 1.56. The Hall–Kier alpha value is -3.84. The number of halogens is 3. The van der Waals surface area contributed by atoms with Crippen LogP contribution in [0.1, 0.15) is 25.3 Å². The van der Waals surface area contributed by atoms with E-state index < -0.39 is 34.3 Å². The first-order valence-electron chi connectivity index (χ1n) is 12.2. The summed E-state index contributed by atoms with van der Waals surface area (Å²) in [6.45, 7) is 1.19. The number of anilines is 1. The lowest BCUT2D eigenvalue weighted by molar-refractivity contribution is 0.459. The van der Waals surface area contributed by atoms with Crippen molar-refractivity contribution in [3.05, 3.63) is 60.0 Å². The number of benzene rings is 2. The monoisotopic (exact) mass is 560 g/mol. The number of sulfone groups is 1. The third-order valence-corrected chi connectivity index (χ3v) is 8.26. The maximum Gasteiger partial charge on any atom is 0.270 e. The molecule has 39 heavy (non-hydrogen) atoms. The van der Waals surface area contributed by atoms with Crippen molar-refractivity contribution in [2.45, 2.75) is 36.5 Å². The third-order valence-electron chi connectivity index (χ3n) is 6.03. The summed E-state index contributed by atoms with van der Waals surface area (Å²) in [6, 6.07) is 10.5. The average molecular weight is 561 g/mol. The Labute approximate surface area is 223 Å². The lowest BCUT2D eigenvalue weighted by Gasteiger charge is -2.12. The van der Waals surface area contributed by atoms with Crippen molar-refractivity contribution >= 4 is 15.7 Å². The van der Waals surface area contributed by atoms with Crippen molar-refractivity contribution in [2.75, 3.05) is 25.6 Å². The molecule has 0 aliphatic rings. The minimum atomic E-state index is -3.67. The molecule has 4 aromatic rings. The molecule has 0 aliphatic carbocycles. The maximum atomic E-state index is 14.8. The third kappa shape index (κ3) is 6.42. The highest BCUT2D eigenvalue weighted by atomic mass is 32.2. The molecule has 0 spiro atoms.